The summed E-state index contributed by atoms with van der Waals surface area (Å²) in [4.78, 5) is 0. The number of hydrogen-bond acceptors (Lipinski definition) is 4. The Labute approximate surface area is 116 Å². The standard InChI is InChI=1S/C15H27NO3/c1-5-7-16-9-15-8-14(13(4)19-15)11-18-12(3)10-17-6-2/h8,12,16H,5-7,9-11H2,1-4H3. The minimum atomic E-state index is 0.107. The monoisotopic (exact) mass is 269 g/mol. The minimum absolute atomic E-state index is 0.107. The summed E-state index contributed by atoms with van der Waals surface area (Å²) in [5.41, 5.74) is 1.12. The Kier molecular flexibility index (Phi) is 7.79. The van der Waals surface area contributed by atoms with Gasteiger partial charge in [-0.25, -0.2) is 0 Å². The van der Waals surface area contributed by atoms with Gasteiger partial charge in [0.15, 0.2) is 0 Å². The van der Waals surface area contributed by atoms with Crippen LogP contribution in [0.4, 0.5) is 0 Å². The van der Waals surface area contributed by atoms with Crippen LogP contribution >= 0.6 is 0 Å². The lowest BCUT2D eigenvalue weighted by molar-refractivity contribution is -0.0120. The Hall–Kier alpha value is -0.840. The quantitative estimate of drug-likeness (QED) is 0.663. The molecule has 0 aliphatic rings. The number of rotatable bonds is 10. The predicted molar refractivity (Wildman–Crippen MR) is 76.2 cm³/mol. The number of ether oxygens (including phenoxy) is 2. The molecule has 0 bridgehead atoms. The molecule has 0 spiro atoms. The molecule has 0 aliphatic heterocycles. The van der Waals surface area contributed by atoms with Gasteiger partial charge in [0.1, 0.15) is 11.5 Å². The molecule has 19 heavy (non-hydrogen) atoms. The van der Waals surface area contributed by atoms with E-state index in [9.17, 15) is 0 Å². The summed E-state index contributed by atoms with van der Waals surface area (Å²) >= 11 is 0. The third-order valence-corrected chi connectivity index (χ3v) is 2.88. The van der Waals surface area contributed by atoms with Crippen molar-refractivity contribution in [3.63, 3.8) is 0 Å². The second-order valence-electron chi connectivity index (χ2n) is 4.75. The van der Waals surface area contributed by atoms with Gasteiger partial charge in [0.25, 0.3) is 0 Å². The van der Waals surface area contributed by atoms with Crippen LogP contribution in [0.25, 0.3) is 0 Å². The largest absolute Gasteiger partial charge is 0.465 e. The van der Waals surface area contributed by atoms with E-state index in [0.29, 0.717) is 13.2 Å². The van der Waals surface area contributed by atoms with E-state index in [1.807, 2.05) is 20.8 Å². The van der Waals surface area contributed by atoms with Gasteiger partial charge in [0, 0.05) is 12.2 Å². The molecular weight excluding hydrogens is 242 g/mol. The van der Waals surface area contributed by atoms with Crippen molar-refractivity contribution in [2.24, 2.45) is 0 Å². The van der Waals surface area contributed by atoms with Crippen molar-refractivity contribution in [1.82, 2.24) is 5.32 Å². The molecule has 0 saturated heterocycles. The summed E-state index contributed by atoms with van der Waals surface area (Å²) in [6.07, 6.45) is 1.24. The Balaban J connectivity index is 2.36. The van der Waals surface area contributed by atoms with Crippen LogP contribution in [0.2, 0.25) is 0 Å². The Morgan fingerprint density at radius 2 is 2.16 bits per heavy atom. The summed E-state index contributed by atoms with van der Waals surface area (Å²) in [6.45, 7) is 11.9. The van der Waals surface area contributed by atoms with Crippen LogP contribution in [0.5, 0.6) is 0 Å². The van der Waals surface area contributed by atoms with Crippen molar-refractivity contribution in [3.05, 3.63) is 23.2 Å². The zero-order valence-electron chi connectivity index (χ0n) is 12.6. The van der Waals surface area contributed by atoms with Crippen LogP contribution in [0.1, 0.15) is 44.3 Å². The normalized spacial score (nSPS) is 12.8. The lowest BCUT2D eigenvalue weighted by Gasteiger charge is -2.12. The number of aryl methyl sites for hydroxylation is 1. The molecule has 1 atom stereocenters. The molecule has 0 aromatic carbocycles. The van der Waals surface area contributed by atoms with E-state index in [-0.39, 0.29) is 6.10 Å². The first-order chi connectivity index (χ1) is 9.17. The summed E-state index contributed by atoms with van der Waals surface area (Å²) in [5, 5.41) is 3.33. The van der Waals surface area contributed by atoms with Gasteiger partial charge >= 0.3 is 0 Å². The van der Waals surface area contributed by atoms with Crippen molar-refractivity contribution in [2.45, 2.75) is 53.4 Å². The highest BCUT2D eigenvalue weighted by Crippen LogP contribution is 2.16. The van der Waals surface area contributed by atoms with Crippen molar-refractivity contribution in [3.8, 4) is 0 Å². The van der Waals surface area contributed by atoms with Crippen LogP contribution in [-0.4, -0.2) is 25.9 Å². The first-order valence-corrected chi connectivity index (χ1v) is 7.15. The topological polar surface area (TPSA) is 43.6 Å². The molecule has 1 aromatic heterocycles. The molecule has 0 aliphatic carbocycles. The van der Waals surface area contributed by atoms with Gasteiger partial charge in [-0.3, -0.25) is 0 Å². The van der Waals surface area contributed by atoms with Crippen molar-refractivity contribution < 1.29 is 13.9 Å². The summed E-state index contributed by atoms with van der Waals surface area (Å²) < 4.78 is 16.8. The van der Waals surface area contributed by atoms with Crippen LogP contribution in [0.3, 0.4) is 0 Å². The van der Waals surface area contributed by atoms with Gasteiger partial charge in [-0.05, 0) is 39.8 Å². The maximum atomic E-state index is 5.74. The highest BCUT2D eigenvalue weighted by molar-refractivity contribution is 5.19. The molecule has 1 heterocycles. The molecule has 0 fully saturated rings. The van der Waals surface area contributed by atoms with Gasteiger partial charge < -0.3 is 19.2 Å². The zero-order valence-corrected chi connectivity index (χ0v) is 12.6. The van der Waals surface area contributed by atoms with Crippen LogP contribution in [0.15, 0.2) is 10.5 Å². The van der Waals surface area contributed by atoms with Crippen LogP contribution in [-0.2, 0) is 22.6 Å². The maximum Gasteiger partial charge on any atom is 0.118 e. The SMILES string of the molecule is CCCNCc1cc(COC(C)COCC)c(C)o1. The highest BCUT2D eigenvalue weighted by Gasteiger charge is 2.09. The fourth-order valence-electron chi connectivity index (χ4n) is 1.77. The second kappa shape index (κ2) is 9.13. The average molecular weight is 269 g/mol. The summed E-state index contributed by atoms with van der Waals surface area (Å²) in [7, 11) is 0. The first-order valence-electron chi connectivity index (χ1n) is 7.15. The van der Waals surface area contributed by atoms with E-state index in [1.54, 1.807) is 0 Å². The van der Waals surface area contributed by atoms with Crippen LogP contribution in [0, 0.1) is 6.92 Å². The molecule has 110 valence electrons. The fraction of sp³-hybridized carbons (Fsp3) is 0.733. The van der Waals surface area contributed by atoms with E-state index >= 15 is 0 Å². The van der Waals surface area contributed by atoms with Crippen LogP contribution < -0.4 is 5.32 Å². The number of nitrogens with one attached hydrogen (secondary N) is 1. The van der Waals surface area contributed by atoms with E-state index in [1.165, 1.54) is 0 Å². The molecule has 4 heteroatoms. The Bertz CT molecular complexity index is 349. The fourth-order valence-corrected chi connectivity index (χ4v) is 1.77. The highest BCUT2D eigenvalue weighted by atomic mass is 16.5. The molecule has 1 N–H and O–H groups in total. The third kappa shape index (κ3) is 6.23. The van der Waals surface area contributed by atoms with Gasteiger partial charge in [-0.2, -0.15) is 0 Å². The molecule has 4 nitrogen and oxygen atoms in total. The minimum Gasteiger partial charge on any atom is -0.465 e. The summed E-state index contributed by atoms with van der Waals surface area (Å²) in [6, 6.07) is 2.07. The molecule has 0 amide bonds. The average Bonchev–Trinajstić information content (AvgIpc) is 2.75. The molecule has 1 unspecified atom stereocenters. The van der Waals surface area contributed by atoms with Gasteiger partial charge in [-0.1, -0.05) is 6.92 Å². The van der Waals surface area contributed by atoms with Gasteiger partial charge in [0.05, 0.1) is 25.9 Å². The first kappa shape index (κ1) is 16.2. The smallest absolute Gasteiger partial charge is 0.118 e. The molecular formula is C15H27NO3. The van der Waals surface area contributed by atoms with Crippen molar-refractivity contribution in [1.29, 1.82) is 0 Å². The van der Waals surface area contributed by atoms with Crippen molar-refractivity contribution in [2.75, 3.05) is 19.8 Å². The Morgan fingerprint density at radius 1 is 1.37 bits per heavy atom. The number of furan rings is 1. The van der Waals surface area contributed by atoms with Gasteiger partial charge in [0.2, 0.25) is 0 Å². The van der Waals surface area contributed by atoms with E-state index in [2.05, 4.69) is 18.3 Å². The molecule has 0 radical (unpaired) electrons. The Morgan fingerprint density at radius 3 is 2.84 bits per heavy atom. The molecule has 0 saturated carbocycles. The maximum absolute atomic E-state index is 5.74. The van der Waals surface area contributed by atoms with E-state index < -0.39 is 0 Å². The lowest BCUT2D eigenvalue weighted by Crippen LogP contribution is -2.15. The van der Waals surface area contributed by atoms with Gasteiger partial charge in [-0.15, -0.1) is 0 Å². The van der Waals surface area contributed by atoms with E-state index in [4.69, 9.17) is 13.9 Å². The zero-order chi connectivity index (χ0) is 14.1. The lowest BCUT2D eigenvalue weighted by atomic mass is 10.2. The molecule has 1 rings (SSSR count). The number of hydrogen-bond donors (Lipinski definition) is 1. The second-order valence-corrected chi connectivity index (χ2v) is 4.75. The summed E-state index contributed by atoms with van der Waals surface area (Å²) in [5.74, 6) is 1.92. The molecule has 1 aromatic rings. The van der Waals surface area contributed by atoms with E-state index in [0.717, 1.165) is 43.2 Å². The predicted octanol–water partition coefficient (Wildman–Crippen LogP) is 3.03. The third-order valence-electron chi connectivity index (χ3n) is 2.88. The van der Waals surface area contributed by atoms with Crippen molar-refractivity contribution >= 4 is 0 Å².